The van der Waals surface area contributed by atoms with E-state index in [1.54, 1.807) is 24.4 Å². The highest BCUT2D eigenvalue weighted by atomic mass is 19.1. The summed E-state index contributed by atoms with van der Waals surface area (Å²) in [4.78, 5) is 16.2. The third kappa shape index (κ3) is 3.27. The second-order valence-electron chi connectivity index (χ2n) is 6.56. The van der Waals surface area contributed by atoms with E-state index in [-0.39, 0.29) is 23.3 Å². The monoisotopic (exact) mass is 327 g/mol. The fourth-order valence-corrected chi connectivity index (χ4v) is 2.23. The summed E-state index contributed by atoms with van der Waals surface area (Å²) >= 11 is 0. The van der Waals surface area contributed by atoms with Gasteiger partial charge in [0.1, 0.15) is 18.1 Å². The van der Waals surface area contributed by atoms with Crippen LogP contribution >= 0.6 is 0 Å². The average Bonchev–Trinajstić information content (AvgIpc) is 2.99. The molecule has 0 bridgehead atoms. The Morgan fingerprint density at radius 2 is 1.92 bits per heavy atom. The van der Waals surface area contributed by atoms with Crippen molar-refractivity contribution >= 4 is 0 Å². The summed E-state index contributed by atoms with van der Waals surface area (Å²) in [5.41, 5.74) is 0.258. The lowest BCUT2D eigenvalue weighted by Crippen LogP contribution is -2.23. The van der Waals surface area contributed by atoms with Crippen LogP contribution in [0.25, 0.3) is 11.3 Å². The molecule has 2 aromatic heterocycles. The van der Waals surface area contributed by atoms with Crippen LogP contribution in [0.4, 0.5) is 4.39 Å². The van der Waals surface area contributed by atoms with Crippen molar-refractivity contribution in [1.29, 1.82) is 0 Å². The first-order valence-corrected chi connectivity index (χ1v) is 7.63. The van der Waals surface area contributed by atoms with E-state index in [0.29, 0.717) is 17.1 Å². The van der Waals surface area contributed by atoms with Gasteiger partial charge in [0.2, 0.25) is 5.89 Å². The number of hydrogen-bond donors (Lipinski definition) is 0. The lowest BCUT2D eigenvalue weighted by molar-refractivity contribution is 0.370. The Morgan fingerprint density at radius 3 is 2.58 bits per heavy atom. The van der Waals surface area contributed by atoms with Crippen LogP contribution in [-0.4, -0.2) is 14.8 Å². The van der Waals surface area contributed by atoms with Gasteiger partial charge >= 0.3 is 0 Å². The van der Waals surface area contributed by atoms with E-state index in [1.165, 1.54) is 22.9 Å². The Bertz CT molecular complexity index is 922. The zero-order chi connectivity index (χ0) is 17.3. The first kappa shape index (κ1) is 16.1. The minimum absolute atomic E-state index is 0.0945. The quantitative estimate of drug-likeness (QED) is 0.740. The van der Waals surface area contributed by atoms with E-state index in [4.69, 9.17) is 4.42 Å². The zero-order valence-corrected chi connectivity index (χ0v) is 13.8. The van der Waals surface area contributed by atoms with Gasteiger partial charge in [-0.3, -0.25) is 4.79 Å². The standard InChI is InChI=1S/C18H18FN3O2/c1-18(2,3)15-10-20-16(24-15)11-22-17(23)9-8-14(21-22)12-6-4-5-7-13(12)19/h4-10H,11H2,1-3H3. The van der Waals surface area contributed by atoms with E-state index in [2.05, 4.69) is 10.1 Å². The fraction of sp³-hybridized carbons (Fsp3) is 0.278. The van der Waals surface area contributed by atoms with Gasteiger partial charge in [-0.1, -0.05) is 32.9 Å². The predicted octanol–water partition coefficient (Wildman–Crippen LogP) is 3.38. The van der Waals surface area contributed by atoms with Crippen LogP contribution in [0.2, 0.25) is 0 Å². The van der Waals surface area contributed by atoms with Crippen molar-refractivity contribution in [2.24, 2.45) is 0 Å². The highest BCUT2D eigenvalue weighted by Crippen LogP contribution is 2.23. The Morgan fingerprint density at radius 1 is 1.17 bits per heavy atom. The minimum atomic E-state index is -0.388. The molecule has 0 saturated heterocycles. The molecule has 3 aromatic rings. The van der Waals surface area contributed by atoms with Gasteiger partial charge in [0.15, 0.2) is 0 Å². The molecular formula is C18H18FN3O2. The number of benzene rings is 1. The molecule has 0 fully saturated rings. The van der Waals surface area contributed by atoms with Crippen molar-refractivity contribution in [3.05, 3.63) is 70.4 Å². The number of oxazole rings is 1. The van der Waals surface area contributed by atoms with Gasteiger partial charge in [0.05, 0.1) is 11.9 Å². The molecule has 0 saturated carbocycles. The van der Waals surface area contributed by atoms with E-state index >= 15 is 0 Å². The minimum Gasteiger partial charge on any atom is -0.443 e. The van der Waals surface area contributed by atoms with E-state index in [1.807, 2.05) is 20.8 Å². The van der Waals surface area contributed by atoms with Crippen molar-refractivity contribution in [1.82, 2.24) is 14.8 Å². The third-order valence-electron chi connectivity index (χ3n) is 3.59. The number of rotatable bonds is 3. The lowest BCUT2D eigenvalue weighted by Gasteiger charge is -2.13. The second kappa shape index (κ2) is 6.03. The summed E-state index contributed by atoms with van der Waals surface area (Å²) in [6, 6.07) is 9.18. The molecule has 124 valence electrons. The fourth-order valence-electron chi connectivity index (χ4n) is 2.23. The van der Waals surface area contributed by atoms with Crippen molar-refractivity contribution < 1.29 is 8.81 Å². The van der Waals surface area contributed by atoms with E-state index in [0.717, 1.165) is 5.76 Å². The molecule has 6 heteroatoms. The van der Waals surface area contributed by atoms with Crippen LogP contribution in [0.15, 0.2) is 51.8 Å². The average molecular weight is 327 g/mol. The molecule has 0 N–H and O–H groups in total. The molecule has 5 nitrogen and oxygen atoms in total. The molecule has 0 atom stereocenters. The van der Waals surface area contributed by atoms with Gasteiger partial charge < -0.3 is 4.42 Å². The van der Waals surface area contributed by atoms with Crippen molar-refractivity contribution in [2.45, 2.75) is 32.7 Å². The molecule has 3 rings (SSSR count). The Labute approximate surface area is 138 Å². The summed E-state index contributed by atoms with van der Waals surface area (Å²) in [6.45, 7) is 6.14. The molecular weight excluding hydrogens is 309 g/mol. The van der Waals surface area contributed by atoms with Crippen LogP contribution < -0.4 is 5.56 Å². The maximum absolute atomic E-state index is 13.9. The molecule has 0 aliphatic rings. The van der Waals surface area contributed by atoms with Crippen LogP contribution in [0.3, 0.4) is 0 Å². The summed E-state index contributed by atoms with van der Waals surface area (Å²) in [6.07, 6.45) is 1.65. The number of halogens is 1. The summed E-state index contributed by atoms with van der Waals surface area (Å²) in [5, 5.41) is 4.23. The molecule has 0 radical (unpaired) electrons. The van der Waals surface area contributed by atoms with Crippen LogP contribution in [0.5, 0.6) is 0 Å². The van der Waals surface area contributed by atoms with Gasteiger partial charge in [-0.2, -0.15) is 5.10 Å². The molecule has 1 aromatic carbocycles. The predicted molar refractivity (Wildman–Crippen MR) is 88.2 cm³/mol. The van der Waals surface area contributed by atoms with Crippen LogP contribution in [0.1, 0.15) is 32.4 Å². The molecule has 0 unspecified atom stereocenters. The number of hydrogen-bond acceptors (Lipinski definition) is 4. The summed E-state index contributed by atoms with van der Waals surface area (Å²) in [5.74, 6) is 0.734. The second-order valence-corrected chi connectivity index (χ2v) is 6.56. The molecule has 0 aliphatic carbocycles. The van der Waals surface area contributed by atoms with Crippen LogP contribution in [0, 0.1) is 5.82 Å². The Kier molecular flexibility index (Phi) is 4.05. The van der Waals surface area contributed by atoms with Crippen molar-refractivity contribution in [3.63, 3.8) is 0 Å². The SMILES string of the molecule is CC(C)(C)c1cnc(Cn2nc(-c3ccccc3F)ccc2=O)o1. The number of nitrogens with zero attached hydrogens (tertiary/aromatic N) is 3. The zero-order valence-electron chi connectivity index (χ0n) is 13.8. The highest BCUT2D eigenvalue weighted by Gasteiger charge is 2.19. The molecule has 2 heterocycles. The summed E-state index contributed by atoms with van der Waals surface area (Å²) < 4.78 is 20.8. The first-order valence-electron chi connectivity index (χ1n) is 7.63. The van der Waals surface area contributed by atoms with Gasteiger partial charge in [-0.05, 0) is 18.2 Å². The Balaban J connectivity index is 1.94. The van der Waals surface area contributed by atoms with Crippen LogP contribution in [-0.2, 0) is 12.0 Å². The van der Waals surface area contributed by atoms with E-state index in [9.17, 15) is 9.18 Å². The third-order valence-corrected chi connectivity index (χ3v) is 3.59. The van der Waals surface area contributed by atoms with Gasteiger partial charge in [0.25, 0.3) is 5.56 Å². The van der Waals surface area contributed by atoms with E-state index < -0.39 is 0 Å². The molecule has 0 spiro atoms. The maximum atomic E-state index is 13.9. The molecule has 0 amide bonds. The normalized spacial score (nSPS) is 11.7. The van der Waals surface area contributed by atoms with Crippen molar-refractivity contribution in [2.75, 3.05) is 0 Å². The topological polar surface area (TPSA) is 60.9 Å². The molecule has 0 aliphatic heterocycles. The maximum Gasteiger partial charge on any atom is 0.267 e. The largest absolute Gasteiger partial charge is 0.443 e. The smallest absolute Gasteiger partial charge is 0.267 e. The highest BCUT2D eigenvalue weighted by molar-refractivity contribution is 5.58. The van der Waals surface area contributed by atoms with Gasteiger partial charge in [-0.25, -0.2) is 14.1 Å². The van der Waals surface area contributed by atoms with Crippen molar-refractivity contribution in [3.8, 4) is 11.3 Å². The summed E-state index contributed by atoms with van der Waals surface area (Å²) in [7, 11) is 0. The van der Waals surface area contributed by atoms with Gasteiger partial charge in [-0.15, -0.1) is 0 Å². The first-order chi connectivity index (χ1) is 11.3. The number of aromatic nitrogens is 3. The molecule has 24 heavy (non-hydrogen) atoms. The van der Waals surface area contributed by atoms with Gasteiger partial charge in [0, 0.05) is 17.0 Å². The lowest BCUT2D eigenvalue weighted by atomic mass is 9.94. The Hall–Kier alpha value is -2.76.